The molecule has 1 N–H and O–H groups in total. The van der Waals surface area contributed by atoms with Crippen molar-refractivity contribution in [2.45, 2.75) is 79.5 Å². The molecule has 0 aromatic heterocycles. The fourth-order valence-electron chi connectivity index (χ4n) is 2.25. The number of phosphoric ester groups is 1. The second-order valence-electron chi connectivity index (χ2n) is 8.08. The fourth-order valence-corrected chi connectivity index (χ4v) is 10.1. The van der Waals surface area contributed by atoms with E-state index < -0.39 is 43.8 Å². The molecule has 2 atom stereocenters. The van der Waals surface area contributed by atoms with Crippen LogP contribution in [0.15, 0.2) is 0 Å². The minimum Gasteiger partial charge on any atom is -0.302 e. The Labute approximate surface area is 255 Å². The van der Waals surface area contributed by atoms with Crippen molar-refractivity contribution >= 4 is 150 Å². The Morgan fingerprint density at radius 2 is 1.00 bits per heavy atom. The topological polar surface area (TPSA) is 55.8 Å². The first-order valence-corrected chi connectivity index (χ1v) is 16.9. The summed E-state index contributed by atoms with van der Waals surface area (Å²) in [5.41, 5.74) is -1.90. The van der Waals surface area contributed by atoms with Gasteiger partial charge in [0.05, 0.1) is 9.65 Å². The van der Waals surface area contributed by atoms with Crippen molar-refractivity contribution in [1.29, 1.82) is 0 Å². The number of hydrogen-bond donors (Lipinski definition) is 1. The Morgan fingerprint density at radius 1 is 0.774 bits per heavy atom. The molecule has 0 fully saturated rings. The number of hydrogen-bond acceptors (Lipinski definition) is 3. The summed E-state index contributed by atoms with van der Waals surface area (Å²) in [4.78, 5) is 9.51. The van der Waals surface area contributed by atoms with Crippen LogP contribution in [-0.4, -0.2) is 30.1 Å². The Hall–Kier alpha value is 4.15. The molecule has 0 saturated heterocycles. The van der Waals surface area contributed by atoms with Gasteiger partial charge in [-0.2, -0.15) is 0 Å². The molecule has 0 rings (SSSR count). The van der Waals surface area contributed by atoms with Gasteiger partial charge in [0.2, 0.25) is 0 Å². The molecular weight excluding hydrogens is 908 g/mol. The minimum atomic E-state index is -4.73. The second-order valence-corrected chi connectivity index (χ2v) is 20.9. The van der Waals surface area contributed by atoms with E-state index in [9.17, 15) is 9.46 Å². The maximum absolute atomic E-state index is 13.1. The third-order valence-electron chi connectivity index (χ3n) is 4.91. The van der Waals surface area contributed by atoms with Crippen LogP contribution in [0.4, 0.5) is 0 Å². The van der Waals surface area contributed by atoms with E-state index in [1.165, 1.54) is 0 Å². The van der Waals surface area contributed by atoms with Crippen molar-refractivity contribution in [1.82, 2.24) is 0 Å². The molecule has 0 heterocycles. The van der Waals surface area contributed by atoms with Crippen LogP contribution in [0.5, 0.6) is 0 Å². The zero-order valence-corrected chi connectivity index (χ0v) is 30.9. The molecule has 0 saturated carbocycles. The van der Waals surface area contributed by atoms with Gasteiger partial charge in [-0.1, -0.05) is 73.4 Å². The van der Waals surface area contributed by atoms with Crippen molar-refractivity contribution in [2.75, 3.05) is 0 Å². The van der Waals surface area contributed by atoms with Gasteiger partial charge in [0.25, 0.3) is 0 Å². The first kappa shape index (κ1) is 35.2. The van der Waals surface area contributed by atoms with E-state index in [0.29, 0.717) is 12.8 Å². The van der Waals surface area contributed by atoms with Gasteiger partial charge < -0.3 is 4.89 Å². The van der Waals surface area contributed by atoms with E-state index in [-0.39, 0.29) is 0 Å². The zero-order valence-electron chi connectivity index (χ0n) is 17.5. The smallest absolute Gasteiger partial charge is 0.302 e. The van der Waals surface area contributed by atoms with Crippen LogP contribution in [0, 0.1) is 10.8 Å². The van der Waals surface area contributed by atoms with E-state index in [0.717, 1.165) is 0 Å². The number of phosphoric acid groups is 1. The monoisotopic (exact) mass is 926 g/mol. The molecule has 0 aromatic carbocycles. The average Bonchev–Trinajstić information content (AvgIpc) is 2.57. The number of rotatable bonds is 12. The third kappa shape index (κ3) is 8.58. The van der Waals surface area contributed by atoms with Gasteiger partial charge >= 0.3 is 7.82 Å². The van der Waals surface area contributed by atoms with Crippen molar-refractivity contribution in [3.8, 4) is 0 Å². The van der Waals surface area contributed by atoms with Gasteiger partial charge in [-0.25, -0.2) is 4.57 Å². The molecule has 0 bridgehead atoms. The van der Waals surface area contributed by atoms with Crippen molar-refractivity contribution < 1.29 is 18.5 Å². The molecule has 0 spiro atoms. The highest BCUT2D eigenvalue weighted by atomic mass is 79.9. The molecule has 188 valence electrons. The fraction of sp³-hybridized carbons (Fsp3) is 1.00. The van der Waals surface area contributed by atoms with E-state index in [2.05, 4.69) is 95.6 Å². The summed E-state index contributed by atoms with van der Waals surface area (Å²) >= 11 is 46.0. The van der Waals surface area contributed by atoms with Crippen LogP contribution in [-0.2, 0) is 13.6 Å². The maximum Gasteiger partial charge on any atom is 0.476 e. The lowest BCUT2D eigenvalue weighted by Gasteiger charge is -2.47. The first-order valence-electron chi connectivity index (χ1n) is 8.88. The molecule has 0 amide bonds. The molecule has 2 unspecified atom stereocenters. The van der Waals surface area contributed by atoms with Gasteiger partial charge in [0.1, 0.15) is 8.67 Å². The zero-order chi connectivity index (χ0) is 25.5. The molecule has 0 aliphatic heterocycles. The van der Waals surface area contributed by atoms with E-state index in [1.54, 1.807) is 27.7 Å². The van der Waals surface area contributed by atoms with Crippen molar-refractivity contribution in [2.24, 2.45) is 10.8 Å². The summed E-state index contributed by atoms with van der Waals surface area (Å²) in [5.74, 6) is 0. The summed E-state index contributed by atoms with van der Waals surface area (Å²) in [6.07, 6.45) is 0.836. The van der Waals surface area contributed by atoms with Crippen molar-refractivity contribution in [3.05, 3.63) is 0 Å². The average molecular weight is 934 g/mol. The largest absolute Gasteiger partial charge is 0.476 e. The van der Waals surface area contributed by atoms with Gasteiger partial charge in [0, 0.05) is 10.8 Å². The summed E-state index contributed by atoms with van der Waals surface area (Å²) in [6, 6.07) is 0. The summed E-state index contributed by atoms with van der Waals surface area (Å²) < 4.78 is 18.6. The highest BCUT2D eigenvalue weighted by Crippen LogP contribution is 2.66. The second kappa shape index (κ2) is 11.9. The first-order chi connectivity index (χ1) is 13.3. The summed E-state index contributed by atoms with van der Waals surface area (Å²) in [6.45, 7) is 10.6. The van der Waals surface area contributed by atoms with E-state index >= 15 is 0 Å². The SMILES string of the molecule is CCC(Cl)(Cl)C(Br)C(C)(C)C(Br)(Br)OP(=O)(O)OC(Br)(Br)C(C)(C)C(Br)C(Cl)(Cl)CC. The highest BCUT2D eigenvalue weighted by molar-refractivity contribution is 9.25. The lowest BCUT2D eigenvalue weighted by molar-refractivity contribution is 0.0351. The number of alkyl halides is 10. The van der Waals surface area contributed by atoms with Crippen LogP contribution in [0.2, 0.25) is 0 Å². The van der Waals surface area contributed by atoms with Crippen LogP contribution in [0.25, 0.3) is 0 Å². The normalized spacial score (nSPS) is 19.1. The molecular formula is C16H25Br6Cl4O4P. The summed E-state index contributed by atoms with van der Waals surface area (Å²) in [5, 5.41) is 0. The lowest BCUT2D eigenvalue weighted by atomic mass is 9.87. The van der Waals surface area contributed by atoms with Crippen LogP contribution in [0.3, 0.4) is 0 Å². The molecule has 4 nitrogen and oxygen atoms in total. The minimum absolute atomic E-state index is 0.418. The van der Waals surface area contributed by atoms with Gasteiger partial charge in [-0.15, -0.1) is 46.4 Å². The molecule has 0 aliphatic carbocycles. The Balaban J connectivity index is 5.87. The third-order valence-corrected chi connectivity index (χ3v) is 18.5. The van der Waals surface area contributed by atoms with E-state index in [4.69, 9.17) is 55.5 Å². The Morgan fingerprint density at radius 3 is 1.19 bits per heavy atom. The predicted molar refractivity (Wildman–Crippen MR) is 156 cm³/mol. The number of halogens is 10. The quantitative estimate of drug-likeness (QED) is 0.157. The van der Waals surface area contributed by atoms with Crippen LogP contribution >= 0.6 is 150 Å². The molecule has 31 heavy (non-hydrogen) atoms. The Kier molecular flexibility index (Phi) is 13.5. The highest BCUT2D eigenvalue weighted by Gasteiger charge is 2.59. The van der Waals surface area contributed by atoms with Gasteiger partial charge in [0.15, 0.2) is 6.84 Å². The molecule has 0 aromatic rings. The summed E-state index contributed by atoms with van der Waals surface area (Å²) in [7, 11) is -4.73. The molecule has 15 heteroatoms. The maximum atomic E-state index is 13.1. The lowest BCUT2D eigenvalue weighted by Crippen LogP contribution is -2.50. The van der Waals surface area contributed by atoms with Crippen LogP contribution in [0.1, 0.15) is 54.4 Å². The predicted octanol–water partition coefficient (Wildman–Crippen LogP) is 10.8. The Bertz CT molecular complexity index is 626. The molecule has 0 radical (unpaired) electrons. The van der Waals surface area contributed by atoms with Gasteiger partial charge in [-0.05, 0) is 76.6 Å². The van der Waals surface area contributed by atoms with Gasteiger partial charge in [-0.3, -0.25) is 9.05 Å². The van der Waals surface area contributed by atoms with Crippen LogP contribution < -0.4 is 0 Å². The van der Waals surface area contributed by atoms with Crippen molar-refractivity contribution in [3.63, 3.8) is 0 Å². The van der Waals surface area contributed by atoms with E-state index in [1.807, 2.05) is 13.8 Å². The standard InChI is InChI=1S/C16H25Br6Cl4O4P/c1-7-13(23,24)9(17)11(3,4)15(19,20)29-31(27,28)30-16(21,22)12(5,6)10(18)14(25,26)8-2/h9-10H,7-8H2,1-6H3,(H,27,28). The molecule has 0 aliphatic rings.